The lowest BCUT2D eigenvalue weighted by Crippen LogP contribution is -2.57. The van der Waals surface area contributed by atoms with Gasteiger partial charge in [-0.3, -0.25) is 4.79 Å². The fraction of sp³-hybridized carbons (Fsp3) is 0.500. The predicted octanol–water partition coefficient (Wildman–Crippen LogP) is 2.58. The summed E-state index contributed by atoms with van der Waals surface area (Å²) in [5.41, 5.74) is 6.08. The van der Waals surface area contributed by atoms with Gasteiger partial charge in [0.2, 0.25) is 5.91 Å². The minimum Gasteiger partial charge on any atom is -0.392 e. The molecule has 0 aromatic heterocycles. The molecule has 3 N–H and O–H groups in total. The number of hydrogen-bond donors (Lipinski definition) is 2. The van der Waals surface area contributed by atoms with E-state index in [1.165, 1.54) is 12.1 Å². The third-order valence-corrected chi connectivity index (χ3v) is 4.52. The predicted molar refractivity (Wildman–Crippen MR) is 85.3 cm³/mol. The molecule has 1 unspecified atom stereocenters. The number of nitrogens with one attached hydrogen (secondary N) is 1. The van der Waals surface area contributed by atoms with E-state index in [1.807, 2.05) is 6.92 Å². The van der Waals surface area contributed by atoms with Crippen LogP contribution in [-0.2, 0) is 11.2 Å². The van der Waals surface area contributed by atoms with Crippen molar-refractivity contribution in [3.05, 3.63) is 35.6 Å². The van der Waals surface area contributed by atoms with Crippen LogP contribution in [0.1, 0.15) is 32.3 Å². The molecule has 1 aromatic rings. The molecule has 1 aromatic carbocycles. The number of thiocarbonyl (C=S) groups is 1. The molecular weight excluding hydrogens is 287 g/mol. The summed E-state index contributed by atoms with van der Waals surface area (Å²) in [6, 6.07) is 6.26. The zero-order valence-corrected chi connectivity index (χ0v) is 13.2. The first-order valence-corrected chi connectivity index (χ1v) is 7.59. The summed E-state index contributed by atoms with van der Waals surface area (Å²) in [6.07, 6.45) is 2.09. The lowest BCUT2D eigenvalue weighted by atomic mass is 9.62. The smallest absolute Gasteiger partial charge is 0.233 e. The Morgan fingerprint density at radius 2 is 2.05 bits per heavy atom. The molecule has 1 atom stereocenters. The average molecular weight is 308 g/mol. The molecule has 5 heteroatoms. The van der Waals surface area contributed by atoms with Crippen LogP contribution >= 0.6 is 12.2 Å². The van der Waals surface area contributed by atoms with Crippen LogP contribution in [-0.4, -0.2) is 16.9 Å². The highest BCUT2D eigenvalue weighted by Crippen LogP contribution is 2.46. The quantitative estimate of drug-likeness (QED) is 0.822. The van der Waals surface area contributed by atoms with Crippen molar-refractivity contribution in [1.82, 2.24) is 5.32 Å². The van der Waals surface area contributed by atoms with E-state index in [0.29, 0.717) is 12.3 Å². The number of amides is 1. The molecule has 1 amide bonds. The molecule has 0 bridgehead atoms. The fourth-order valence-electron chi connectivity index (χ4n) is 3.02. The van der Waals surface area contributed by atoms with Crippen LogP contribution in [0.3, 0.4) is 0 Å². The number of rotatable bonds is 5. The summed E-state index contributed by atoms with van der Waals surface area (Å²) in [6.45, 7) is 4.02. The topological polar surface area (TPSA) is 55.1 Å². The number of carbonyl (C=O) groups is 1. The molecule has 0 aliphatic heterocycles. The van der Waals surface area contributed by atoms with Crippen LogP contribution in [0, 0.1) is 17.2 Å². The van der Waals surface area contributed by atoms with Gasteiger partial charge in [0.25, 0.3) is 0 Å². The van der Waals surface area contributed by atoms with Crippen molar-refractivity contribution in [2.75, 3.05) is 0 Å². The summed E-state index contributed by atoms with van der Waals surface area (Å²) in [5.74, 6) is 0.138. The lowest BCUT2D eigenvalue weighted by Gasteiger charge is -2.44. The van der Waals surface area contributed by atoms with Crippen molar-refractivity contribution >= 4 is 23.1 Å². The van der Waals surface area contributed by atoms with E-state index in [4.69, 9.17) is 18.0 Å². The second-order valence-electron chi connectivity index (χ2n) is 6.16. The molecule has 0 heterocycles. The van der Waals surface area contributed by atoms with Crippen molar-refractivity contribution < 1.29 is 9.18 Å². The SMILES string of the molecule is CC1CC(C(=O)NC(C)Cc2ccc(F)cc2)(C(N)=S)C1. The van der Waals surface area contributed by atoms with Gasteiger partial charge in [0.05, 0.1) is 10.4 Å². The molecule has 1 fully saturated rings. The van der Waals surface area contributed by atoms with Crippen LogP contribution in [0.15, 0.2) is 24.3 Å². The Morgan fingerprint density at radius 1 is 1.48 bits per heavy atom. The zero-order valence-electron chi connectivity index (χ0n) is 12.4. The van der Waals surface area contributed by atoms with Gasteiger partial charge in [-0.05, 0) is 49.8 Å². The van der Waals surface area contributed by atoms with Crippen molar-refractivity contribution in [1.29, 1.82) is 0 Å². The second kappa shape index (κ2) is 6.10. The summed E-state index contributed by atoms with van der Waals surface area (Å²) < 4.78 is 12.9. The van der Waals surface area contributed by atoms with E-state index in [1.54, 1.807) is 12.1 Å². The number of carbonyl (C=O) groups excluding carboxylic acids is 1. The van der Waals surface area contributed by atoms with Gasteiger partial charge >= 0.3 is 0 Å². The van der Waals surface area contributed by atoms with Gasteiger partial charge in [-0.25, -0.2) is 4.39 Å². The Labute approximate surface area is 130 Å². The number of nitrogens with two attached hydrogens (primary N) is 1. The Hall–Kier alpha value is -1.49. The van der Waals surface area contributed by atoms with E-state index in [2.05, 4.69) is 12.2 Å². The maximum Gasteiger partial charge on any atom is 0.233 e. The van der Waals surface area contributed by atoms with E-state index < -0.39 is 5.41 Å². The van der Waals surface area contributed by atoms with E-state index >= 15 is 0 Å². The molecule has 1 aliphatic carbocycles. The van der Waals surface area contributed by atoms with Gasteiger partial charge in [-0.1, -0.05) is 31.3 Å². The van der Waals surface area contributed by atoms with E-state index in [-0.39, 0.29) is 22.8 Å². The Kier molecular flexibility index (Phi) is 4.61. The van der Waals surface area contributed by atoms with Gasteiger partial charge in [-0.2, -0.15) is 0 Å². The van der Waals surface area contributed by atoms with Crippen LogP contribution in [0.4, 0.5) is 4.39 Å². The molecule has 3 nitrogen and oxygen atoms in total. The molecule has 1 aliphatic rings. The van der Waals surface area contributed by atoms with Gasteiger partial charge < -0.3 is 11.1 Å². The molecule has 114 valence electrons. The maximum absolute atomic E-state index is 12.9. The monoisotopic (exact) mass is 308 g/mol. The molecular formula is C16H21FN2OS. The zero-order chi connectivity index (χ0) is 15.6. The van der Waals surface area contributed by atoms with Crippen LogP contribution < -0.4 is 11.1 Å². The summed E-state index contributed by atoms with van der Waals surface area (Å²) in [5, 5.41) is 2.99. The second-order valence-corrected chi connectivity index (χ2v) is 6.60. The molecule has 2 rings (SSSR count). The highest BCUT2D eigenvalue weighted by Gasteiger charge is 2.50. The minimum atomic E-state index is -0.675. The minimum absolute atomic E-state index is 0.0508. The van der Waals surface area contributed by atoms with Crippen LogP contribution in [0.5, 0.6) is 0 Å². The fourth-order valence-corrected chi connectivity index (χ4v) is 3.27. The van der Waals surface area contributed by atoms with Gasteiger partial charge in [-0.15, -0.1) is 0 Å². The molecule has 0 radical (unpaired) electrons. The largest absolute Gasteiger partial charge is 0.392 e. The van der Waals surface area contributed by atoms with Gasteiger partial charge in [0.1, 0.15) is 5.82 Å². The summed E-state index contributed by atoms with van der Waals surface area (Å²) >= 11 is 5.08. The van der Waals surface area contributed by atoms with Gasteiger partial charge in [0.15, 0.2) is 0 Å². The Morgan fingerprint density at radius 3 is 2.52 bits per heavy atom. The van der Waals surface area contributed by atoms with Gasteiger partial charge in [0, 0.05) is 6.04 Å². The first-order chi connectivity index (χ1) is 9.83. The number of benzene rings is 1. The highest BCUT2D eigenvalue weighted by molar-refractivity contribution is 7.80. The normalized spacial score (nSPS) is 25.8. The standard InChI is InChI=1S/C16H21FN2OS/c1-10-8-16(9-10,14(18)21)15(20)19-11(2)7-12-3-5-13(17)6-4-12/h3-6,10-11H,7-9H2,1-2H3,(H2,18,21)(H,19,20). The Balaban J connectivity index is 1.95. The first-order valence-electron chi connectivity index (χ1n) is 7.19. The van der Waals surface area contributed by atoms with Crippen LogP contribution in [0.25, 0.3) is 0 Å². The van der Waals surface area contributed by atoms with Crippen molar-refractivity contribution in [2.24, 2.45) is 17.1 Å². The molecule has 0 saturated heterocycles. The number of halogens is 1. The molecule has 21 heavy (non-hydrogen) atoms. The lowest BCUT2D eigenvalue weighted by molar-refractivity contribution is -0.133. The van der Waals surface area contributed by atoms with Crippen molar-refractivity contribution in [2.45, 2.75) is 39.2 Å². The third kappa shape index (κ3) is 3.40. The average Bonchev–Trinajstić information content (AvgIpc) is 2.36. The van der Waals surface area contributed by atoms with E-state index in [0.717, 1.165) is 18.4 Å². The first kappa shape index (κ1) is 15.9. The summed E-state index contributed by atoms with van der Waals surface area (Å²) in [4.78, 5) is 12.7. The van der Waals surface area contributed by atoms with Crippen LogP contribution in [0.2, 0.25) is 0 Å². The number of hydrogen-bond acceptors (Lipinski definition) is 2. The van der Waals surface area contributed by atoms with Crippen molar-refractivity contribution in [3.8, 4) is 0 Å². The van der Waals surface area contributed by atoms with E-state index in [9.17, 15) is 9.18 Å². The molecule has 1 saturated carbocycles. The maximum atomic E-state index is 12.9. The van der Waals surface area contributed by atoms with Crippen molar-refractivity contribution in [3.63, 3.8) is 0 Å². The highest BCUT2D eigenvalue weighted by atomic mass is 32.1. The third-order valence-electron chi connectivity index (χ3n) is 4.13. The Bertz CT molecular complexity index is 538. The molecule has 0 spiro atoms. The summed E-state index contributed by atoms with van der Waals surface area (Å²) in [7, 11) is 0.